The molecule has 0 radical (unpaired) electrons. The van der Waals surface area contributed by atoms with Gasteiger partial charge >= 0.3 is 0 Å². The fourth-order valence-electron chi connectivity index (χ4n) is 3.49. The second-order valence-corrected chi connectivity index (χ2v) is 6.22. The molecule has 3 fully saturated rings. The van der Waals surface area contributed by atoms with Crippen molar-refractivity contribution in [2.75, 3.05) is 26.4 Å². The van der Waals surface area contributed by atoms with E-state index in [0.29, 0.717) is 19.1 Å². The van der Waals surface area contributed by atoms with Crippen molar-refractivity contribution < 1.29 is 24.4 Å². The Bertz CT molecular complexity index is 286. The molecule has 19 heavy (non-hydrogen) atoms. The lowest BCUT2D eigenvalue weighted by atomic mass is 9.65. The van der Waals surface area contributed by atoms with Gasteiger partial charge in [0.2, 0.25) is 0 Å². The molecule has 2 unspecified atom stereocenters. The molecule has 0 aromatic carbocycles. The lowest BCUT2D eigenvalue weighted by molar-refractivity contribution is -0.326. The van der Waals surface area contributed by atoms with Crippen LogP contribution in [-0.2, 0) is 14.2 Å². The molecule has 2 atom stereocenters. The molecule has 5 nitrogen and oxygen atoms in total. The zero-order valence-electron chi connectivity index (χ0n) is 12.1. The van der Waals surface area contributed by atoms with Gasteiger partial charge in [-0.3, -0.25) is 0 Å². The summed E-state index contributed by atoms with van der Waals surface area (Å²) >= 11 is 0. The third-order valence-electron chi connectivity index (χ3n) is 4.56. The van der Waals surface area contributed by atoms with Crippen LogP contribution < -0.4 is 0 Å². The lowest BCUT2D eigenvalue weighted by Gasteiger charge is -2.60. The average Bonchev–Trinajstić information content (AvgIpc) is 2.33. The summed E-state index contributed by atoms with van der Waals surface area (Å²) in [6.45, 7) is 6.92. The first-order valence-corrected chi connectivity index (χ1v) is 7.09. The van der Waals surface area contributed by atoms with Crippen molar-refractivity contribution in [1.29, 1.82) is 0 Å². The molecule has 2 saturated heterocycles. The fourth-order valence-corrected chi connectivity index (χ4v) is 3.49. The highest BCUT2D eigenvalue weighted by atomic mass is 16.6. The number of aliphatic hydroxyl groups excluding tert-OH is 2. The van der Waals surface area contributed by atoms with Crippen LogP contribution in [0.2, 0.25) is 0 Å². The van der Waals surface area contributed by atoms with E-state index in [1.165, 1.54) is 0 Å². The topological polar surface area (TPSA) is 68.2 Å². The molecule has 112 valence electrons. The Morgan fingerprint density at radius 1 is 1.00 bits per heavy atom. The second kappa shape index (κ2) is 5.66. The highest BCUT2D eigenvalue weighted by Gasteiger charge is 2.60. The monoisotopic (exact) mass is 274 g/mol. The van der Waals surface area contributed by atoms with Crippen molar-refractivity contribution in [2.45, 2.75) is 57.0 Å². The van der Waals surface area contributed by atoms with Crippen LogP contribution >= 0.6 is 0 Å². The lowest BCUT2D eigenvalue weighted by Crippen LogP contribution is -2.69. The molecule has 3 rings (SSSR count). The summed E-state index contributed by atoms with van der Waals surface area (Å²) in [7, 11) is 0. The molecule has 2 N–H and O–H groups in total. The van der Waals surface area contributed by atoms with Gasteiger partial charge in [-0.1, -0.05) is 0 Å². The summed E-state index contributed by atoms with van der Waals surface area (Å²) in [5, 5.41) is 17.9. The van der Waals surface area contributed by atoms with Crippen LogP contribution in [0.1, 0.15) is 33.6 Å². The van der Waals surface area contributed by atoms with E-state index in [-0.39, 0.29) is 31.0 Å². The number of aliphatic hydroxyl groups is 2. The van der Waals surface area contributed by atoms with E-state index in [1.54, 1.807) is 0 Å². The van der Waals surface area contributed by atoms with Crippen molar-refractivity contribution >= 4 is 0 Å². The Morgan fingerprint density at radius 2 is 1.47 bits per heavy atom. The molecule has 2 aliphatic heterocycles. The molecular weight excluding hydrogens is 248 g/mol. The molecule has 0 spiro atoms. The maximum absolute atomic E-state index is 8.93. The van der Waals surface area contributed by atoms with Gasteiger partial charge in [0.05, 0.1) is 44.2 Å². The Labute approximate surface area is 114 Å². The Morgan fingerprint density at radius 3 is 1.89 bits per heavy atom. The minimum atomic E-state index is -0.511. The van der Waals surface area contributed by atoms with Gasteiger partial charge in [-0.15, -0.1) is 0 Å². The van der Waals surface area contributed by atoms with Crippen molar-refractivity contribution in [2.24, 2.45) is 5.92 Å². The van der Waals surface area contributed by atoms with Gasteiger partial charge in [0.1, 0.15) is 5.60 Å². The summed E-state index contributed by atoms with van der Waals surface area (Å²) in [6, 6.07) is 0. The zero-order chi connectivity index (χ0) is 14.1. The third kappa shape index (κ3) is 2.81. The minimum absolute atomic E-state index is 0.0167. The SMILES string of the molecule is CC1(C)OC2(C)C(OCCO)CC1CC2OCCO. The van der Waals surface area contributed by atoms with Gasteiger partial charge < -0.3 is 24.4 Å². The van der Waals surface area contributed by atoms with Crippen LogP contribution in [0.4, 0.5) is 0 Å². The van der Waals surface area contributed by atoms with Crippen LogP contribution in [0.15, 0.2) is 0 Å². The standard InChI is InChI=1S/C14H26O5/c1-13(2)10-8-11(17-6-4-15)14(3,19-13)12(9-10)18-7-5-16/h10-12,15-16H,4-9H2,1-3H3. The molecule has 3 aliphatic rings. The smallest absolute Gasteiger partial charge is 0.118 e. The molecule has 2 bridgehead atoms. The maximum Gasteiger partial charge on any atom is 0.118 e. The van der Waals surface area contributed by atoms with Crippen LogP contribution in [-0.4, -0.2) is 60.1 Å². The summed E-state index contributed by atoms with van der Waals surface area (Å²) < 4.78 is 17.8. The third-order valence-corrected chi connectivity index (χ3v) is 4.56. The highest BCUT2D eigenvalue weighted by molar-refractivity contribution is 5.09. The number of fused-ring (bicyclic) bond motifs is 3. The van der Waals surface area contributed by atoms with Gasteiger partial charge in [0, 0.05) is 0 Å². The Kier molecular flexibility index (Phi) is 4.52. The predicted molar refractivity (Wildman–Crippen MR) is 69.9 cm³/mol. The summed E-state index contributed by atoms with van der Waals surface area (Å²) in [5.41, 5.74) is -0.685. The molecule has 0 aromatic rings. The fraction of sp³-hybridized carbons (Fsp3) is 1.00. The van der Waals surface area contributed by atoms with E-state index in [9.17, 15) is 0 Å². The van der Waals surface area contributed by atoms with E-state index in [1.807, 2.05) is 6.92 Å². The van der Waals surface area contributed by atoms with Crippen molar-refractivity contribution in [3.63, 3.8) is 0 Å². The van der Waals surface area contributed by atoms with Crippen LogP contribution in [0.25, 0.3) is 0 Å². The van der Waals surface area contributed by atoms with E-state index in [2.05, 4.69) is 13.8 Å². The number of hydrogen-bond donors (Lipinski definition) is 2. The molecule has 0 amide bonds. The summed E-state index contributed by atoms with van der Waals surface area (Å²) in [4.78, 5) is 0. The van der Waals surface area contributed by atoms with Crippen molar-refractivity contribution in [3.05, 3.63) is 0 Å². The number of hydrogen-bond acceptors (Lipinski definition) is 5. The van der Waals surface area contributed by atoms with E-state index in [4.69, 9.17) is 24.4 Å². The Balaban J connectivity index is 2.13. The molecule has 2 heterocycles. The predicted octanol–water partition coefficient (Wildman–Crippen LogP) is 0.719. The average molecular weight is 274 g/mol. The van der Waals surface area contributed by atoms with Gasteiger partial charge in [-0.05, 0) is 39.5 Å². The Hall–Kier alpha value is -0.200. The highest BCUT2D eigenvalue weighted by Crippen LogP contribution is 2.51. The van der Waals surface area contributed by atoms with Gasteiger partial charge in [-0.25, -0.2) is 0 Å². The van der Waals surface area contributed by atoms with Gasteiger partial charge in [-0.2, -0.15) is 0 Å². The van der Waals surface area contributed by atoms with E-state index in [0.717, 1.165) is 12.8 Å². The van der Waals surface area contributed by atoms with Crippen molar-refractivity contribution in [1.82, 2.24) is 0 Å². The summed E-state index contributed by atoms with van der Waals surface area (Å²) in [6.07, 6.45) is 1.75. The number of ether oxygens (including phenoxy) is 3. The second-order valence-electron chi connectivity index (χ2n) is 6.22. The molecular formula is C14H26O5. The normalized spacial score (nSPS) is 40.6. The van der Waals surface area contributed by atoms with E-state index >= 15 is 0 Å². The summed E-state index contributed by atoms with van der Waals surface area (Å²) in [5.74, 6) is 0.377. The van der Waals surface area contributed by atoms with Crippen LogP contribution in [0.3, 0.4) is 0 Å². The molecule has 5 heteroatoms. The van der Waals surface area contributed by atoms with Crippen LogP contribution in [0.5, 0.6) is 0 Å². The zero-order valence-corrected chi connectivity index (χ0v) is 12.1. The van der Waals surface area contributed by atoms with Crippen molar-refractivity contribution in [3.8, 4) is 0 Å². The molecule has 1 saturated carbocycles. The van der Waals surface area contributed by atoms with Crippen LogP contribution in [0, 0.1) is 5.92 Å². The van der Waals surface area contributed by atoms with E-state index < -0.39 is 5.60 Å². The van der Waals surface area contributed by atoms with Gasteiger partial charge in [0.25, 0.3) is 0 Å². The number of rotatable bonds is 6. The first-order valence-electron chi connectivity index (χ1n) is 7.09. The maximum atomic E-state index is 8.93. The van der Waals surface area contributed by atoms with Gasteiger partial charge in [0.15, 0.2) is 0 Å². The molecule has 1 aliphatic carbocycles. The molecule has 0 aromatic heterocycles. The first-order chi connectivity index (χ1) is 8.94. The first kappa shape index (κ1) is 15.2. The largest absolute Gasteiger partial charge is 0.394 e. The quantitative estimate of drug-likeness (QED) is 0.747. The minimum Gasteiger partial charge on any atom is -0.394 e.